The first-order valence-corrected chi connectivity index (χ1v) is 6.38. The Bertz CT molecular complexity index is 523. The van der Waals surface area contributed by atoms with E-state index in [1.54, 1.807) is 13.2 Å². The van der Waals surface area contributed by atoms with Crippen molar-refractivity contribution in [1.82, 2.24) is 9.97 Å². The molecule has 100 valence electrons. The fourth-order valence-corrected chi connectivity index (χ4v) is 1.76. The zero-order valence-electron chi connectivity index (χ0n) is 11.6. The molecule has 4 nitrogen and oxygen atoms in total. The highest BCUT2D eigenvalue weighted by Gasteiger charge is 2.01. The summed E-state index contributed by atoms with van der Waals surface area (Å²) in [4.78, 5) is 8.12. The monoisotopic (exact) mass is 257 g/mol. The van der Waals surface area contributed by atoms with Gasteiger partial charge in [-0.15, -0.1) is 0 Å². The van der Waals surface area contributed by atoms with Gasteiger partial charge in [0.1, 0.15) is 12.1 Å². The second-order valence-corrected chi connectivity index (χ2v) is 4.70. The molecular formula is C15H19N3O. The van der Waals surface area contributed by atoms with Crippen molar-refractivity contribution in [2.75, 3.05) is 12.4 Å². The molecule has 0 fully saturated rings. The number of nitrogens with zero attached hydrogens (tertiary/aromatic N) is 2. The minimum absolute atomic E-state index is 0.563. The zero-order chi connectivity index (χ0) is 13.7. The zero-order valence-corrected chi connectivity index (χ0v) is 11.6. The van der Waals surface area contributed by atoms with Gasteiger partial charge in [-0.25, -0.2) is 9.97 Å². The average molecular weight is 257 g/mol. The number of anilines is 1. The molecule has 2 rings (SSSR count). The van der Waals surface area contributed by atoms with Crippen molar-refractivity contribution in [2.45, 2.75) is 26.3 Å². The summed E-state index contributed by atoms with van der Waals surface area (Å²) in [7, 11) is 1.59. The predicted octanol–water partition coefficient (Wildman–Crippen LogP) is 3.22. The van der Waals surface area contributed by atoms with Crippen molar-refractivity contribution in [3.8, 4) is 5.88 Å². The van der Waals surface area contributed by atoms with Crippen molar-refractivity contribution in [3.05, 3.63) is 47.8 Å². The van der Waals surface area contributed by atoms with E-state index in [0.717, 1.165) is 12.4 Å². The molecule has 1 aromatic heterocycles. The largest absolute Gasteiger partial charge is 0.481 e. The maximum atomic E-state index is 5.06. The molecule has 0 amide bonds. The highest BCUT2D eigenvalue weighted by Crippen LogP contribution is 2.16. The maximum Gasteiger partial charge on any atom is 0.218 e. The van der Waals surface area contributed by atoms with Gasteiger partial charge in [0.25, 0.3) is 0 Å². The fourth-order valence-electron chi connectivity index (χ4n) is 1.76. The third kappa shape index (κ3) is 3.68. The smallest absolute Gasteiger partial charge is 0.218 e. The van der Waals surface area contributed by atoms with Gasteiger partial charge in [-0.2, -0.15) is 0 Å². The summed E-state index contributed by atoms with van der Waals surface area (Å²) >= 11 is 0. The van der Waals surface area contributed by atoms with Gasteiger partial charge in [0.05, 0.1) is 7.11 Å². The Kier molecular flexibility index (Phi) is 4.34. The lowest BCUT2D eigenvalue weighted by molar-refractivity contribution is 0.397. The fraction of sp³-hybridized carbons (Fsp3) is 0.333. The Morgan fingerprint density at radius 2 is 1.89 bits per heavy atom. The van der Waals surface area contributed by atoms with Crippen LogP contribution in [0.5, 0.6) is 5.88 Å². The number of hydrogen-bond donors (Lipinski definition) is 1. The SMILES string of the molecule is COc1cc(NCc2ccc(C(C)C)cc2)ncn1. The van der Waals surface area contributed by atoms with E-state index in [9.17, 15) is 0 Å². The Morgan fingerprint density at radius 1 is 1.16 bits per heavy atom. The summed E-state index contributed by atoms with van der Waals surface area (Å²) in [5.41, 5.74) is 2.58. The number of benzene rings is 1. The molecule has 0 unspecified atom stereocenters. The van der Waals surface area contributed by atoms with Crippen molar-refractivity contribution < 1.29 is 4.74 Å². The van der Waals surface area contributed by atoms with Crippen LogP contribution in [0.25, 0.3) is 0 Å². The Morgan fingerprint density at radius 3 is 2.53 bits per heavy atom. The van der Waals surface area contributed by atoms with Crippen LogP contribution in [-0.4, -0.2) is 17.1 Å². The first-order valence-electron chi connectivity index (χ1n) is 6.38. The van der Waals surface area contributed by atoms with Crippen molar-refractivity contribution >= 4 is 5.82 Å². The van der Waals surface area contributed by atoms with Gasteiger partial charge in [-0.3, -0.25) is 0 Å². The number of methoxy groups -OCH3 is 1. The maximum absolute atomic E-state index is 5.06. The van der Waals surface area contributed by atoms with Crippen molar-refractivity contribution in [3.63, 3.8) is 0 Å². The van der Waals surface area contributed by atoms with Gasteiger partial charge >= 0.3 is 0 Å². The normalized spacial score (nSPS) is 10.5. The van der Waals surface area contributed by atoms with E-state index in [4.69, 9.17) is 4.74 Å². The highest BCUT2D eigenvalue weighted by atomic mass is 16.5. The van der Waals surface area contributed by atoms with E-state index in [-0.39, 0.29) is 0 Å². The molecule has 1 aromatic carbocycles. The second-order valence-electron chi connectivity index (χ2n) is 4.70. The van der Waals surface area contributed by atoms with Crippen LogP contribution in [0.4, 0.5) is 5.82 Å². The quantitative estimate of drug-likeness (QED) is 0.893. The molecule has 0 aliphatic rings. The highest BCUT2D eigenvalue weighted by molar-refractivity contribution is 5.38. The number of hydrogen-bond acceptors (Lipinski definition) is 4. The minimum atomic E-state index is 0.563. The van der Waals surface area contributed by atoms with Gasteiger partial charge in [-0.1, -0.05) is 38.1 Å². The van der Waals surface area contributed by atoms with Gasteiger partial charge < -0.3 is 10.1 Å². The number of ether oxygens (including phenoxy) is 1. The van der Waals surface area contributed by atoms with E-state index in [1.807, 2.05) is 0 Å². The van der Waals surface area contributed by atoms with E-state index in [0.29, 0.717) is 11.8 Å². The summed E-state index contributed by atoms with van der Waals surface area (Å²) in [6.45, 7) is 5.12. The van der Waals surface area contributed by atoms with Gasteiger partial charge in [-0.05, 0) is 17.0 Å². The Hall–Kier alpha value is -2.10. The van der Waals surface area contributed by atoms with Crippen molar-refractivity contribution in [1.29, 1.82) is 0 Å². The number of aromatic nitrogens is 2. The summed E-state index contributed by atoms with van der Waals surface area (Å²) in [6, 6.07) is 10.4. The minimum Gasteiger partial charge on any atom is -0.481 e. The average Bonchev–Trinajstić information content (AvgIpc) is 2.46. The van der Waals surface area contributed by atoms with E-state index in [2.05, 4.69) is 53.4 Å². The summed E-state index contributed by atoms with van der Waals surface area (Å²) in [6.07, 6.45) is 1.49. The summed E-state index contributed by atoms with van der Waals surface area (Å²) in [5.74, 6) is 1.89. The standard InChI is InChI=1S/C15H19N3O/c1-11(2)13-6-4-12(5-7-13)9-16-14-8-15(19-3)18-10-17-14/h4-8,10-11H,9H2,1-3H3,(H,16,17,18). The van der Waals surface area contributed by atoms with E-state index >= 15 is 0 Å². The molecule has 0 aliphatic heterocycles. The molecule has 2 aromatic rings. The van der Waals surface area contributed by atoms with Crippen LogP contribution in [0.3, 0.4) is 0 Å². The number of nitrogens with one attached hydrogen (secondary N) is 1. The molecular weight excluding hydrogens is 238 g/mol. The third-order valence-corrected chi connectivity index (χ3v) is 2.97. The van der Waals surface area contributed by atoms with Crippen LogP contribution in [0.2, 0.25) is 0 Å². The van der Waals surface area contributed by atoms with Gasteiger partial charge in [0.15, 0.2) is 0 Å². The van der Waals surface area contributed by atoms with Crippen LogP contribution >= 0.6 is 0 Å². The third-order valence-electron chi connectivity index (χ3n) is 2.97. The molecule has 0 atom stereocenters. The van der Waals surface area contributed by atoms with Gasteiger partial charge in [0, 0.05) is 12.6 Å². The van der Waals surface area contributed by atoms with Crippen LogP contribution in [-0.2, 0) is 6.54 Å². The van der Waals surface area contributed by atoms with Crippen LogP contribution in [0, 0.1) is 0 Å². The Balaban J connectivity index is 1.98. The van der Waals surface area contributed by atoms with Gasteiger partial charge in [0.2, 0.25) is 5.88 Å². The molecule has 0 saturated heterocycles. The lowest BCUT2D eigenvalue weighted by Gasteiger charge is -2.09. The lowest BCUT2D eigenvalue weighted by atomic mass is 10.0. The van der Waals surface area contributed by atoms with E-state index in [1.165, 1.54) is 17.5 Å². The van der Waals surface area contributed by atoms with Crippen LogP contribution < -0.4 is 10.1 Å². The van der Waals surface area contributed by atoms with Crippen molar-refractivity contribution in [2.24, 2.45) is 0 Å². The molecule has 0 radical (unpaired) electrons. The second kappa shape index (κ2) is 6.18. The molecule has 0 aliphatic carbocycles. The molecule has 1 heterocycles. The molecule has 4 heteroatoms. The molecule has 1 N–H and O–H groups in total. The molecule has 0 bridgehead atoms. The predicted molar refractivity (Wildman–Crippen MR) is 76.4 cm³/mol. The molecule has 19 heavy (non-hydrogen) atoms. The number of rotatable bonds is 5. The first kappa shape index (κ1) is 13.3. The molecule has 0 spiro atoms. The van der Waals surface area contributed by atoms with Crippen LogP contribution in [0.15, 0.2) is 36.7 Å². The topological polar surface area (TPSA) is 47.0 Å². The summed E-state index contributed by atoms with van der Waals surface area (Å²) < 4.78 is 5.06. The Labute approximate surface area is 113 Å². The van der Waals surface area contributed by atoms with E-state index < -0.39 is 0 Å². The summed E-state index contributed by atoms with van der Waals surface area (Å²) in [5, 5.41) is 3.25. The lowest BCUT2D eigenvalue weighted by Crippen LogP contribution is -2.02. The van der Waals surface area contributed by atoms with Crippen LogP contribution in [0.1, 0.15) is 30.9 Å². The first-order chi connectivity index (χ1) is 9.19. The molecule has 0 saturated carbocycles.